The summed E-state index contributed by atoms with van der Waals surface area (Å²) >= 11 is 3.43. The van der Waals surface area contributed by atoms with Crippen molar-refractivity contribution in [2.24, 2.45) is 0 Å². The van der Waals surface area contributed by atoms with Gasteiger partial charge in [0.1, 0.15) is 25.2 Å². The molecule has 4 N–H and O–H groups in total. The van der Waals surface area contributed by atoms with Crippen molar-refractivity contribution in [2.75, 3.05) is 13.2 Å². The van der Waals surface area contributed by atoms with Crippen molar-refractivity contribution in [3.63, 3.8) is 0 Å². The van der Waals surface area contributed by atoms with E-state index in [1.165, 1.54) is 0 Å². The normalized spacial score (nSPS) is 9.94. The van der Waals surface area contributed by atoms with Crippen molar-refractivity contribution in [1.82, 2.24) is 15.0 Å². The number of carbonyl (C=O) groups is 3. The number of aromatic amines is 3. The summed E-state index contributed by atoms with van der Waals surface area (Å²) in [5.41, 5.74) is 8.71. The SMILES string of the molecule is C.C#Cc1cccc2[nH]c(C(=O)O)cc12.CCOC(=O)c1cc2c(Br)cccc2[nH]1.CCOC(=O)c1cc2c(C#C[Si](C)(C)C)cccc2[nH]1.[B].[Y]. The number of esters is 2. The van der Waals surface area contributed by atoms with Crippen LogP contribution in [0.4, 0.5) is 0 Å². The number of rotatable bonds is 5. The summed E-state index contributed by atoms with van der Waals surface area (Å²) in [6.45, 7) is 11.0. The summed E-state index contributed by atoms with van der Waals surface area (Å²) in [5, 5.41) is 11.5. The number of nitrogens with one attached hydrogen (secondary N) is 3. The predicted molar refractivity (Wildman–Crippen MR) is 212 cm³/mol. The van der Waals surface area contributed by atoms with Crippen LogP contribution in [0.5, 0.6) is 0 Å². The average molecular weight is 854 g/mol. The molecule has 13 heteroatoms. The van der Waals surface area contributed by atoms with Gasteiger partial charge in [-0.05, 0) is 68.4 Å². The number of terminal acetylenes is 1. The Balaban J connectivity index is 0.000000386. The molecule has 6 aromatic rings. The van der Waals surface area contributed by atoms with Gasteiger partial charge in [0.2, 0.25) is 0 Å². The van der Waals surface area contributed by atoms with Crippen LogP contribution in [0.2, 0.25) is 19.6 Å². The van der Waals surface area contributed by atoms with E-state index in [1.54, 1.807) is 44.2 Å². The molecule has 0 amide bonds. The number of fused-ring (bicyclic) bond motifs is 3. The third kappa shape index (κ3) is 11.9. The number of carbonyl (C=O) groups excluding carboxylic acids is 2. The van der Waals surface area contributed by atoms with Gasteiger partial charge in [0.15, 0.2) is 0 Å². The Labute approximate surface area is 340 Å². The van der Waals surface area contributed by atoms with E-state index in [4.69, 9.17) is 21.0 Å². The first-order valence-electron chi connectivity index (χ1n) is 15.4. The summed E-state index contributed by atoms with van der Waals surface area (Å²) in [4.78, 5) is 42.8. The van der Waals surface area contributed by atoms with Gasteiger partial charge >= 0.3 is 17.9 Å². The number of benzene rings is 3. The molecule has 0 atom stereocenters. The van der Waals surface area contributed by atoms with Crippen molar-refractivity contribution < 1.29 is 61.7 Å². The second-order valence-corrected chi connectivity index (χ2v) is 17.3. The Morgan fingerprint density at radius 2 is 1.17 bits per heavy atom. The van der Waals surface area contributed by atoms with Crippen molar-refractivity contribution in [1.29, 1.82) is 0 Å². The molecule has 0 aliphatic rings. The number of H-pyrrole nitrogens is 3. The number of carboxylic acid groups (broad SMARTS) is 1. The number of carboxylic acids is 1. The Bertz CT molecular complexity index is 2270. The predicted octanol–water partition coefficient (Wildman–Crippen LogP) is 8.78. The molecule has 4 radical (unpaired) electrons. The standard InChI is InChI=1S/C16H19NO2Si.C11H10BrNO2.C11H7NO2.CH4.B.Y/c1-5-19-16(18)15-11-13-12(9-10-20(2,3)4)7-6-8-14(13)17-15;1-2-15-11(14)10-6-7-8(12)4-3-5-9(7)13-10;1-2-7-4-3-5-9-8(7)6-10(12-9)11(13)14;;;/h6-8,11,17H,5H2,1-4H3;3-6,13H,2H2,1H3;1,3-6,12H,(H,13,14);1H4;;. The van der Waals surface area contributed by atoms with Crippen molar-refractivity contribution in [3.05, 3.63) is 105 Å². The fourth-order valence-corrected chi connectivity index (χ4v) is 5.66. The zero-order valence-corrected chi connectivity index (χ0v) is 34.4. The molecular formula is C39H40BBrN3O6SiY. The fraction of sp³-hybridized carbons (Fsp3) is 0.205. The van der Waals surface area contributed by atoms with Gasteiger partial charge < -0.3 is 29.5 Å². The third-order valence-electron chi connectivity index (χ3n) is 6.89. The van der Waals surface area contributed by atoms with Crippen molar-refractivity contribution in [2.45, 2.75) is 40.9 Å². The van der Waals surface area contributed by atoms with E-state index in [1.807, 2.05) is 42.5 Å². The van der Waals surface area contributed by atoms with Crippen LogP contribution in [0.15, 0.2) is 77.3 Å². The third-order valence-corrected chi connectivity index (χ3v) is 8.45. The second kappa shape index (κ2) is 20.6. The van der Waals surface area contributed by atoms with Crippen LogP contribution in [-0.4, -0.2) is 67.7 Å². The van der Waals surface area contributed by atoms with Crippen LogP contribution in [0.3, 0.4) is 0 Å². The smallest absolute Gasteiger partial charge is 0.354 e. The van der Waals surface area contributed by atoms with Gasteiger partial charge in [0.25, 0.3) is 0 Å². The monoisotopic (exact) mass is 853 g/mol. The molecule has 0 aliphatic heterocycles. The maximum absolute atomic E-state index is 11.8. The van der Waals surface area contributed by atoms with E-state index in [0.717, 1.165) is 42.7 Å². The summed E-state index contributed by atoms with van der Waals surface area (Å²) in [7, 11) is -1.42. The molecule has 6 rings (SSSR count). The van der Waals surface area contributed by atoms with Crippen LogP contribution >= 0.6 is 15.9 Å². The van der Waals surface area contributed by atoms with Gasteiger partial charge in [-0.3, -0.25) is 0 Å². The number of halogens is 1. The minimum absolute atomic E-state index is 0. The maximum Gasteiger partial charge on any atom is 0.354 e. The Kier molecular flexibility index (Phi) is 18.1. The van der Waals surface area contributed by atoms with E-state index in [9.17, 15) is 14.4 Å². The van der Waals surface area contributed by atoms with Gasteiger partial charge in [0.05, 0.1) is 13.2 Å². The van der Waals surface area contributed by atoms with Crippen molar-refractivity contribution >= 4 is 83.0 Å². The molecule has 3 aromatic heterocycles. The minimum atomic E-state index is -1.42. The maximum atomic E-state index is 11.8. The zero-order chi connectivity index (χ0) is 35.7. The van der Waals surface area contributed by atoms with Crippen molar-refractivity contribution in [3.8, 4) is 23.8 Å². The first kappa shape index (κ1) is 45.7. The van der Waals surface area contributed by atoms with Crippen LogP contribution in [0.1, 0.15) is 63.9 Å². The number of aromatic carboxylic acids is 1. The van der Waals surface area contributed by atoms with Crippen LogP contribution in [0.25, 0.3) is 32.7 Å². The Morgan fingerprint density at radius 3 is 1.63 bits per heavy atom. The Morgan fingerprint density at radius 1 is 0.750 bits per heavy atom. The van der Waals surface area contributed by atoms with Gasteiger partial charge in [-0.2, -0.15) is 0 Å². The largest absolute Gasteiger partial charge is 0.477 e. The molecule has 0 saturated carbocycles. The van der Waals surface area contributed by atoms with Gasteiger partial charge in [-0.15, -0.1) is 12.0 Å². The summed E-state index contributed by atoms with van der Waals surface area (Å²) in [6, 6.07) is 22.2. The summed E-state index contributed by atoms with van der Waals surface area (Å²) in [5.74, 6) is 4.13. The molecule has 9 nitrogen and oxygen atoms in total. The number of aromatic nitrogens is 3. The van der Waals surface area contributed by atoms with E-state index in [2.05, 4.69) is 67.9 Å². The van der Waals surface area contributed by atoms with Crippen LogP contribution < -0.4 is 0 Å². The molecular weight excluding hydrogens is 814 g/mol. The van der Waals surface area contributed by atoms with Gasteiger partial charge in [-0.25, -0.2) is 14.4 Å². The second-order valence-electron chi connectivity index (χ2n) is 11.7. The number of hydrogen-bond donors (Lipinski definition) is 4. The van der Waals surface area contributed by atoms with Gasteiger partial charge in [-0.1, -0.05) is 73.0 Å². The first-order chi connectivity index (χ1) is 23.3. The molecule has 0 spiro atoms. The molecule has 0 unspecified atom stereocenters. The molecule has 52 heavy (non-hydrogen) atoms. The zero-order valence-electron chi connectivity index (χ0n) is 28.9. The molecule has 3 heterocycles. The van der Waals surface area contributed by atoms with Crippen LogP contribution in [0, 0.1) is 23.8 Å². The molecule has 0 aliphatic carbocycles. The van der Waals surface area contributed by atoms with Gasteiger partial charge in [0, 0.05) is 89.4 Å². The first-order valence-corrected chi connectivity index (χ1v) is 19.7. The van der Waals surface area contributed by atoms with E-state index >= 15 is 0 Å². The van der Waals surface area contributed by atoms with E-state index < -0.39 is 14.0 Å². The van der Waals surface area contributed by atoms with E-state index in [-0.39, 0.29) is 66.2 Å². The fourth-order valence-electron chi connectivity index (χ4n) is 4.67. The molecule has 0 bridgehead atoms. The number of hydrogen-bond acceptors (Lipinski definition) is 5. The summed E-state index contributed by atoms with van der Waals surface area (Å²) < 4.78 is 10.9. The minimum Gasteiger partial charge on any atom is -0.477 e. The Hall–Kier alpha value is -4.32. The number of ether oxygens (including phenoxy) is 2. The topological polar surface area (TPSA) is 137 Å². The van der Waals surface area contributed by atoms with Crippen LogP contribution in [-0.2, 0) is 42.2 Å². The summed E-state index contributed by atoms with van der Waals surface area (Å²) in [6.07, 6.45) is 5.29. The average Bonchev–Trinajstić information content (AvgIpc) is 3.82. The molecule has 3 aromatic carbocycles. The van der Waals surface area contributed by atoms with E-state index in [0.29, 0.717) is 30.2 Å². The molecule has 0 saturated heterocycles. The molecule has 0 fully saturated rings. The molecule has 264 valence electrons. The quantitative estimate of drug-likeness (QED) is 0.0778.